The summed E-state index contributed by atoms with van der Waals surface area (Å²) in [7, 11) is 0. The molecule has 24 heavy (non-hydrogen) atoms. The van der Waals surface area contributed by atoms with Gasteiger partial charge in [-0.05, 0) is 25.3 Å². The number of aromatic nitrogens is 5. The number of nitrogens with one attached hydrogen (secondary N) is 1. The fraction of sp³-hybridized carbons (Fsp3) is 0.375. The molecule has 0 aliphatic carbocycles. The van der Waals surface area contributed by atoms with Gasteiger partial charge in [-0.1, -0.05) is 23.4 Å². The molecule has 0 spiro atoms. The summed E-state index contributed by atoms with van der Waals surface area (Å²) in [5, 5.41) is 20.2. The van der Waals surface area contributed by atoms with E-state index in [2.05, 4.69) is 25.6 Å². The maximum Gasteiger partial charge on any atom is 0.184 e. The van der Waals surface area contributed by atoms with E-state index in [9.17, 15) is 4.39 Å². The van der Waals surface area contributed by atoms with Gasteiger partial charge in [-0.2, -0.15) is 0 Å². The first-order valence-electron chi connectivity index (χ1n) is 7.92. The number of hydrogen-bond acceptors (Lipinski definition) is 6. The lowest BCUT2D eigenvalue weighted by atomic mass is 10.2. The normalized spacial score (nSPS) is 11.1. The van der Waals surface area contributed by atoms with E-state index in [1.54, 1.807) is 22.9 Å². The molecule has 1 aromatic carbocycles. The molecule has 0 aliphatic heterocycles. The predicted octanol–water partition coefficient (Wildman–Crippen LogP) is 1.98. The molecular formula is C16H19FN6O. The van der Waals surface area contributed by atoms with Crippen molar-refractivity contribution in [2.24, 2.45) is 0 Å². The molecule has 0 amide bonds. The van der Waals surface area contributed by atoms with Crippen molar-refractivity contribution in [2.75, 3.05) is 18.5 Å². The number of halogens is 1. The Morgan fingerprint density at radius 2 is 2.00 bits per heavy atom. The number of nitrogens with zero attached hydrogens (tertiary/aromatic N) is 5. The molecule has 0 saturated carbocycles. The van der Waals surface area contributed by atoms with Crippen LogP contribution in [-0.4, -0.2) is 43.2 Å². The van der Waals surface area contributed by atoms with E-state index in [1.165, 1.54) is 12.4 Å². The minimum atomic E-state index is -0.280. The van der Waals surface area contributed by atoms with Gasteiger partial charge >= 0.3 is 0 Å². The molecule has 8 heteroatoms. The molecule has 2 aromatic heterocycles. The Kier molecular flexibility index (Phi) is 5.27. The lowest BCUT2D eigenvalue weighted by molar-refractivity contribution is 0.283. The standard InChI is InChI=1S/C16H19FN6O/c17-13-7-3-2-6-12(13)10-23-16-14(21-22-23)15(19-11-20-16)18-8-4-1-5-9-24/h2-3,6-7,11,24H,1,4-5,8-10H2,(H,18,19,20). The van der Waals surface area contributed by atoms with Crippen LogP contribution in [0, 0.1) is 5.82 Å². The summed E-state index contributed by atoms with van der Waals surface area (Å²) in [6.07, 6.45) is 4.10. The van der Waals surface area contributed by atoms with E-state index >= 15 is 0 Å². The van der Waals surface area contributed by atoms with Crippen LogP contribution in [0.25, 0.3) is 11.2 Å². The third-order valence-electron chi connectivity index (χ3n) is 3.71. The van der Waals surface area contributed by atoms with Crippen molar-refractivity contribution in [1.29, 1.82) is 0 Å². The highest BCUT2D eigenvalue weighted by molar-refractivity contribution is 5.81. The molecule has 3 aromatic rings. The summed E-state index contributed by atoms with van der Waals surface area (Å²) >= 11 is 0. The van der Waals surface area contributed by atoms with Gasteiger partial charge in [0.25, 0.3) is 0 Å². The van der Waals surface area contributed by atoms with Gasteiger partial charge in [0.1, 0.15) is 12.1 Å². The van der Waals surface area contributed by atoms with E-state index < -0.39 is 0 Å². The third kappa shape index (κ3) is 3.65. The lowest BCUT2D eigenvalue weighted by Crippen LogP contribution is -2.06. The highest BCUT2D eigenvalue weighted by atomic mass is 19.1. The van der Waals surface area contributed by atoms with Gasteiger partial charge < -0.3 is 10.4 Å². The molecule has 0 bridgehead atoms. The summed E-state index contributed by atoms with van der Waals surface area (Å²) in [4.78, 5) is 8.42. The Hall–Kier alpha value is -2.61. The van der Waals surface area contributed by atoms with Gasteiger partial charge in [0.15, 0.2) is 17.0 Å². The Bertz CT molecular complexity index is 806. The molecule has 0 aliphatic rings. The number of rotatable bonds is 8. The van der Waals surface area contributed by atoms with Crippen LogP contribution < -0.4 is 5.32 Å². The van der Waals surface area contributed by atoms with Crippen LogP contribution in [0.15, 0.2) is 30.6 Å². The van der Waals surface area contributed by atoms with Crippen LogP contribution in [-0.2, 0) is 6.54 Å². The monoisotopic (exact) mass is 330 g/mol. The Morgan fingerprint density at radius 3 is 2.83 bits per heavy atom. The topological polar surface area (TPSA) is 88.8 Å². The van der Waals surface area contributed by atoms with Crippen LogP contribution in [0.1, 0.15) is 24.8 Å². The number of aliphatic hydroxyl groups excluding tert-OH is 1. The summed E-state index contributed by atoms with van der Waals surface area (Å²) < 4.78 is 15.4. The summed E-state index contributed by atoms with van der Waals surface area (Å²) in [5.74, 6) is 0.334. The van der Waals surface area contributed by atoms with E-state index in [0.717, 1.165) is 25.8 Å². The van der Waals surface area contributed by atoms with E-state index in [4.69, 9.17) is 5.11 Å². The van der Waals surface area contributed by atoms with Gasteiger partial charge in [-0.15, -0.1) is 5.10 Å². The summed E-state index contributed by atoms with van der Waals surface area (Å²) in [5.41, 5.74) is 1.66. The highest BCUT2D eigenvalue weighted by Crippen LogP contribution is 2.17. The molecule has 126 valence electrons. The van der Waals surface area contributed by atoms with Crippen LogP contribution in [0.3, 0.4) is 0 Å². The second kappa shape index (κ2) is 7.78. The molecule has 0 atom stereocenters. The van der Waals surface area contributed by atoms with Gasteiger partial charge in [0, 0.05) is 18.7 Å². The number of hydrogen-bond donors (Lipinski definition) is 2. The van der Waals surface area contributed by atoms with Crippen molar-refractivity contribution in [3.63, 3.8) is 0 Å². The number of anilines is 1. The van der Waals surface area contributed by atoms with Gasteiger partial charge in [0.05, 0.1) is 6.54 Å². The number of fused-ring (bicyclic) bond motifs is 1. The molecular weight excluding hydrogens is 311 g/mol. The predicted molar refractivity (Wildman–Crippen MR) is 88.0 cm³/mol. The Morgan fingerprint density at radius 1 is 1.12 bits per heavy atom. The van der Waals surface area contributed by atoms with E-state index in [0.29, 0.717) is 22.5 Å². The van der Waals surface area contributed by atoms with E-state index in [-0.39, 0.29) is 19.0 Å². The van der Waals surface area contributed by atoms with Crippen LogP contribution in [0.2, 0.25) is 0 Å². The number of unbranched alkanes of at least 4 members (excludes halogenated alkanes) is 2. The molecule has 0 radical (unpaired) electrons. The molecule has 0 fully saturated rings. The second-order valence-electron chi connectivity index (χ2n) is 5.44. The van der Waals surface area contributed by atoms with Crippen LogP contribution in [0.4, 0.5) is 10.2 Å². The largest absolute Gasteiger partial charge is 0.396 e. The van der Waals surface area contributed by atoms with Crippen LogP contribution >= 0.6 is 0 Å². The lowest BCUT2D eigenvalue weighted by Gasteiger charge is -2.06. The summed E-state index contributed by atoms with van der Waals surface area (Å²) in [6.45, 7) is 1.20. The first-order valence-corrected chi connectivity index (χ1v) is 7.92. The Balaban J connectivity index is 1.75. The zero-order valence-corrected chi connectivity index (χ0v) is 13.2. The minimum absolute atomic E-state index is 0.210. The van der Waals surface area contributed by atoms with Crippen molar-refractivity contribution in [2.45, 2.75) is 25.8 Å². The second-order valence-corrected chi connectivity index (χ2v) is 5.44. The molecule has 0 saturated heterocycles. The summed E-state index contributed by atoms with van der Waals surface area (Å²) in [6, 6.07) is 6.57. The van der Waals surface area contributed by atoms with Crippen molar-refractivity contribution in [3.05, 3.63) is 42.0 Å². The first kappa shape index (κ1) is 16.3. The molecule has 7 nitrogen and oxygen atoms in total. The fourth-order valence-electron chi connectivity index (χ4n) is 2.44. The first-order chi connectivity index (χ1) is 11.8. The zero-order valence-electron chi connectivity index (χ0n) is 13.2. The zero-order chi connectivity index (χ0) is 16.8. The Labute approximate surface area is 138 Å². The average molecular weight is 330 g/mol. The molecule has 2 heterocycles. The number of aliphatic hydroxyl groups is 1. The molecule has 0 unspecified atom stereocenters. The van der Waals surface area contributed by atoms with E-state index in [1.807, 2.05) is 0 Å². The van der Waals surface area contributed by atoms with Gasteiger partial charge in [0.2, 0.25) is 0 Å². The van der Waals surface area contributed by atoms with Crippen molar-refractivity contribution >= 4 is 17.0 Å². The maximum atomic E-state index is 13.8. The molecule has 3 rings (SSSR count). The highest BCUT2D eigenvalue weighted by Gasteiger charge is 2.12. The number of benzene rings is 1. The fourth-order valence-corrected chi connectivity index (χ4v) is 2.44. The average Bonchev–Trinajstić information content (AvgIpc) is 3.01. The van der Waals surface area contributed by atoms with Crippen LogP contribution in [0.5, 0.6) is 0 Å². The van der Waals surface area contributed by atoms with Crippen molar-refractivity contribution in [1.82, 2.24) is 25.0 Å². The molecule has 2 N–H and O–H groups in total. The van der Waals surface area contributed by atoms with Gasteiger partial charge in [-0.25, -0.2) is 19.0 Å². The smallest absolute Gasteiger partial charge is 0.184 e. The minimum Gasteiger partial charge on any atom is -0.396 e. The third-order valence-corrected chi connectivity index (χ3v) is 3.71. The van der Waals surface area contributed by atoms with Crippen molar-refractivity contribution in [3.8, 4) is 0 Å². The van der Waals surface area contributed by atoms with Crippen molar-refractivity contribution < 1.29 is 9.50 Å². The maximum absolute atomic E-state index is 13.8. The quantitative estimate of drug-likeness (QED) is 0.614. The SMILES string of the molecule is OCCCCCNc1ncnc2c1nnn2Cc1ccccc1F. The van der Waals surface area contributed by atoms with Gasteiger partial charge in [-0.3, -0.25) is 0 Å².